The summed E-state index contributed by atoms with van der Waals surface area (Å²) in [5.74, 6) is -3.10. The zero-order valence-electron chi connectivity index (χ0n) is 7.88. The molecule has 3 nitrogen and oxygen atoms in total. The minimum atomic E-state index is -3.10. The number of aliphatic hydroxyl groups excluding tert-OH is 1. The number of halogens is 3. The number of rotatable bonds is 5. The molecule has 0 amide bonds. The van der Waals surface area contributed by atoms with Gasteiger partial charge in [-0.1, -0.05) is 11.6 Å². The first kappa shape index (κ1) is 12.3. The van der Waals surface area contributed by atoms with Gasteiger partial charge < -0.3 is 10.4 Å². The lowest BCUT2D eigenvalue weighted by molar-refractivity contribution is -0.0477. The van der Waals surface area contributed by atoms with Gasteiger partial charge in [-0.05, 0) is 11.6 Å². The van der Waals surface area contributed by atoms with Gasteiger partial charge in [-0.2, -0.15) is 0 Å². The van der Waals surface area contributed by atoms with Gasteiger partial charge in [-0.25, -0.2) is 8.78 Å². The molecule has 0 bridgehead atoms. The summed E-state index contributed by atoms with van der Waals surface area (Å²) in [5, 5.41) is 11.3. The molecule has 0 saturated carbocycles. The van der Waals surface area contributed by atoms with E-state index in [-0.39, 0.29) is 6.54 Å². The SMILES string of the molecule is OCC(F)(F)CNCc1ccncc1Cl. The number of pyridine rings is 1. The number of aliphatic hydroxyl groups is 1. The van der Waals surface area contributed by atoms with Crippen molar-refractivity contribution >= 4 is 11.6 Å². The molecule has 0 unspecified atom stereocenters. The number of nitrogens with one attached hydrogen (secondary N) is 1. The Morgan fingerprint density at radius 1 is 1.53 bits per heavy atom. The van der Waals surface area contributed by atoms with Crippen LogP contribution in [0.25, 0.3) is 0 Å². The van der Waals surface area contributed by atoms with Crippen molar-refractivity contribution in [3.8, 4) is 0 Å². The lowest BCUT2D eigenvalue weighted by atomic mass is 10.2. The first-order valence-corrected chi connectivity index (χ1v) is 4.71. The van der Waals surface area contributed by atoms with Crippen LogP contribution in [-0.2, 0) is 6.54 Å². The second-order valence-electron chi connectivity index (χ2n) is 3.08. The van der Waals surface area contributed by atoms with E-state index >= 15 is 0 Å². The van der Waals surface area contributed by atoms with Gasteiger partial charge in [0.25, 0.3) is 5.92 Å². The smallest absolute Gasteiger partial charge is 0.282 e. The van der Waals surface area contributed by atoms with Crippen LogP contribution in [-0.4, -0.2) is 29.2 Å². The van der Waals surface area contributed by atoms with Gasteiger partial charge in [-0.15, -0.1) is 0 Å². The molecule has 1 heterocycles. The fourth-order valence-electron chi connectivity index (χ4n) is 0.983. The van der Waals surface area contributed by atoms with Gasteiger partial charge in [0.1, 0.15) is 6.61 Å². The Morgan fingerprint density at radius 2 is 2.27 bits per heavy atom. The highest BCUT2D eigenvalue weighted by molar-refractivity contribution is 6.31. The predicted octanol–water partition coefficient (Wildman–Crippen LogP) is 1.45. The summed E-state index contributed by atoms with van der Waals surface area (Å²) in [4.78, 5) is 3.77. The topological polar surface area (TPSA) is 45.1 Å². The van der Waals surface area contributed by atoms with Crippen LogP contribution in [0.15, 0.2) is 18.5 Å². The van der Waals surface area contributed by atoms with Gasteiger partial charge in [0.05, 0.1) is 11.6 Å². The third kappa shape index (κ3) is 4.07. The molecule has 1 aromatic rings. The highest BCUT2D eigenvalue weighted by Gasteiger charge is 2.26. The molecular weight excluding hydrogens is 226 g/mol. The van der Waals surface area contributed by atoms with E-state index in [2.05, 4.69) is 10.3 Å². The number of hydrogen-bond donors (Lipinski definition) is 2. The normalized spacial score (nSPS) is 11.7. The first-order valence-electron chi connectivity index (χ1n) is 4.33. The van der Waals surface area contributed by atoms with E-state index in [1.807, 2.05) is 0 Å². The third-order valence-corrected chi connectivity index (χ3v) is 2.13. The number of aromatic nitrogens is 1. The molecule has 0 radical (unpaired) electrons. The zero-order valence-corrected chi connectivity index (χ0v) is 8.64. The highest BCUT2D eigenvalue weighted by atomic mass is 35.5. The Morgan fingerprint density at radius 3 is 2.87 bits per heavy atom. The summed E-state index contributed by atoms with van der Waals surface area (Å²) in [6.07, 6.45) is 2.98. The predicted molar refractivity (Wildman–Crippen MR) is 53.0 cm³/mol. The van der Waals surface area contributed by atoms with Crippen molar-refractivity contribution < 1.29 is 13.9 Å². The third-order valence-electron chi connectivity index (χ3n) is 1.79. The highest BCUT2D eigenvalue weighted by Crippen LogP contribution is 2.14. The van der Waals surface area contributed by atoms with Crippen LogP contribution in [0, 0.1) is 0 Å². The number of nitrogens with zero attached hydrogens (tertiary/aromatic N) is 1. The van der Waals surface area contributed by atoms with E-state index < -0.39 is 19.1 Å². The lowest BCUT2D eigenvalue weighted by Gasteiger charge is -2.14. The van der Waals surface area contributed by atoms with Crippen LogP contribution in [0.1, 0.15) is 5.56 Å². The molecule has 6 heteroatoms. The van der Waals surface area contributed by atoms with Gasteiger partial charge in [0.15, 0.2) is 0 Å². The zero-order chi connectivity index (χ0) is 11.3. The average molecular weight is 237 g/mol. The van der Waals surface area contributed by atoms with Crippen LogP contribution in [0.3, 0.4) is 0 Å². The monoisotopic (exact) mass is 236 g/mol. The van der Waals surface area contributed by atoms with Crippen molar-refractivity contribution in [3.05, 3.63) is 29.0 Å². The summed E-state index contributed by atoms with van der Waals surface area (Å²) >= 11 is 5.77. The average Bonchev–Trinajstić information content (AvgIpc) is 2.21. The van der Waals surface area contributed by atoms with Gasteiger partial charge in [0.2, 0.25) is 0 Å². The van der Waals surface area contributed by atoms with Crippen LogP contribution >= 0.6 is 11.6 Å². The summed E-state index contributed by atoms with van der Waals surface area (Å²) in [5.41, 5.74) is 0.695. The van der Waals surface area contributed by atoms with Crippen molar-refractivity contribution in [2.45, 2.75) is 12.5 Å². The van der Waals surface area contributed by atoms with Crippen LogP contribution in [0.4, 0.5) is 8.78 Å². The van der Waals surface area contributed by atoms with Crippen molar-refractivity contribution in [3.63, 3.8) is 0 Å². The largest absolute Gasteiger partial charge is 0.390 e. The van der Waals surface area contributed by atoms with Crippen molar-refractivity contribution in [2.75, 3.05) is 13.2 Å². The van der Waals surface area contributed by atoms with E-state index in [0.29, 0.717) is 10.6 Å². The number of hydrogen-bond acceptors (Lipinski definition) is 3. The quantitative estimate of drug-likeness (QED) is 0.814. The van der Waals surface area contributed by atoms with Gasteiger partial charge in [0, 0.05) is 18.9 Å². The summed E-state index contributed by atoms with van der Waals surface area (Å²) in [7, 11) is 0. The maximum absolute atomic E-state index is 12.6. The minimum absolute atomic E-state index is 0.219. The van der Waals surface area contributed by atoms with E-state index in [9.17, 15) is 8.78 Å². The molecule has 1 rings (SSSR count). The fraction of sp³-hybridized carbons (Fsp3) is 0.444. The lowest BCUT2D eigenvalue weighted by Crippen LogP contribution is -2.35. The van der Waals surface area contributed by atoms with Crippen LogP contribution in [0.2, 0.25) is 5.02 Å². The first-order chi connectivity index (χ1) is 7.05. The van der Waals surface area contributed by atoms with Gasteiger partial charge in [-0.3, -0.25) is 4.98 Å². The second kappa shape index (κ2) is 5.34. The molecule has 0 atom stereocenters. The molecule has 1 aromatic heterocycles. The van der Waals surface area contributed by atoms with E-state index in [1.54, 1.807) is 6.07 Å². The molecule has 0 saturated heterocycles. The van der Waals surface area contributed by atoms with Crippen LogP contribution in [0.5, 0.6) is 0 Å². The Balaban J connectivity index is 2.42. The molecule has 15 heavy (non-hydrogen) atoms. The van der Waals surface area contributed by atoms with Crippen molar-refractivity contribution in [2.24, 2.45) is 0 Å². The summed E-state index contributed by atoms with van der Waals surface area (Å²) in [6.45, 7) is -1.52. The molecule has 0 aliphatic heterocycles. The Bertz CT molecular complexity index is 323. The Hall–Kier alpha value is -0.780. The standard InChI is InChI=1S/C9H11ClF2N2O/c10-8-4-13-2-1-7(8)3-14-5-9(11,12)6-15/h1-2,4,14-15H,3,5-6H2. The second-order valence-corrected chi connectivity index (χ2v) is 3.49. The molecule has 0 fully saturated rings. The molecule has 0 aromatic carbocycles. The van der Waals surface area contributed by atoms with Crippen LogP contribution < -0.4 is 5.32 Å². The molecule has 0 spiro atoms. The Labute approximate surface area is 91.1 Å². The maximum atomic E-state index is 12.6. The van der Waals surface area contributed by atoms with Crippen molar-refractivity contribution in [1.82, 2.24) is 10.3 Å². The maximum Gasteiger partial charge on any atom is 0.282 e. The molecule has 84 valence electrons. The van der Waals surface area contributed by atoms with E-state index in [4.69, 9.17) is 16.7 Å². The van der Waals surface area contributed by atoms with Crippen molar-refractivity contribution in [1.29, 1.82) is 0 Å². The summed E-state index contributed by atoms with van der Waals surface area (Å²) in [6, 6.07) is 1.65. The Kier molecular flexibility index (Phi) is 4.38. The molecule has 0 aliphatic carbocycles. The van der Waals surface area contributed by atoms with E-state index in [1.165, 1.54) is 12.4 Å². The summed E-state index contributed by atoms with van der Waals surface area (Å²) < 4.78 is 25.2. The fourth-order valence-corrected chi connectivity index (χ4v) is 1.17. The number of alkyl halides is 2. The molecule has 2 N–H and O–H groups in total. The molecular formula is C9H11ClF2N2O. The molecule has 0 aliphatic rings. The van der Waals surface area contributed by atoms with Gasteiger partial charge >= 0.3 is 0 Å². The van der Waals surface area contributed by atoms with E-state index in [0.717, 1.165) is 0 Å². The minimum Gasteiger partial charge on any atom is -0.390 e.